The van der Waals surface area contributed by atoms with Crippen LogP contribution in [-0.4, -0.2) is 29.4 Å². The summed E-state index contributed by atoms with van der Waals surface area (Å²) in [5.74, 6) is -2.66. The average Bonchev–Trinajstić information content (AvgIpc) is 2.73. The van der Waals surface area contributed by atoms with Crippen molar-refractivity contribution >= 4 is 24.0 Å². The zero-order valence-corrected chi connectivity index (χ0v) is 11.3. The van der Waals surface area contributed by atoms with E-state index in [2.05, 4.69) is 9.37 Å². The molecule has 0 aromatic rings. The fraction of sp³-hybridized carbons (Fsp3) is 0.818. The third kappa shape index (κ3) is 2.50. The first-order valence-corrected chi connectivity index (χ1v) is 7.12. The summed E-state index contributed by atoms with van der Waals surface area (Å²) in [6.07, 6.45) is 0.412. The highest BCUT2D eigenvalue weighted by atomic mass is 32.2. The molecule has 4 aliphatic rings. The van der Waals surface area contributed by atoms with Crippen molar-refractivity contribution in [2.75, 3.05) is 0 Å². The van der Waals surface area contributed by atoms with Gasteiger partial charge >= 0.3 is 17.2 Å². The molecule has 4 fully saturated rings. The Kier molecular flexibility index (Phi) is 3.80. The van der Waals surface area contributed by atoms with Gasteiger partial charge in [-0.05, 0) is 19.3 Å². The molecule has 1 heterocycles. The highest BCUT2D eigenvalue weighted by Gasteiger charge is 2.60. The number of ether oxygens (including phenoxy) is 2. The van der Waals surface area contributed by atoms with Crippen LogP contribution in [0.25, 0.3) is 0 Å². The van der Waals surface area contributed by atoms with Crippen molar-refractivity contribution in [1.82, 2.24) is 0 Å². The van der Waals surface area contributed by atoms with Crippen molar-refractivity contribution in [2.24, 2.45) is 17.8 Å². The minimum Gasteiger partial charge on any atom is -0.691 e. The Balaban J connectivity index is 1.68. The van der Waals surface area contributed by atoms with Gasteiger partial charge in [-0.1, -0.05) is 0 Å². The molecule has 3 saturated carbocycles. The average molecular weight is 325 g/mol. The first-order chi connectivity index (χ1) is 9.94. The monoisotopic (exact) mass is 325 g/mol. The van der Waals surface area contributed by atoms with Gasteiger partial charge < -0.3 is 14.7 Å². The number of hydrogen-bond acceptors (Lipinski definition) is 8. The minimum atomic E-state index is -4.08. The molecule has 10 heteroatoms. The summed E-state index contributed by atoms with van der Waals surface area (Å²) >= 11 is -0.735. The maximum atomic E-state index is 13.4. The predicted molar refractivity (Wildman–Crippen MR) is 58.8 cm³/mol. The van der Waals surface area contributed by atoms with Crippen molar-refractivity contribution in [3.8, 4) is 0 Å². The largest absolute Gasteiger partial charge is 0.691 e. The van der Waals surface area contributed by atoms with Gasteiger partial charge in [0.25, 0.3) is 0 Å². The molecule has 0 N–H and O–H groups in total. The second-order valence-corrected chi connectivity index (χ2v) is 6.17. The molecule has 4 bridgehead atoms. The topological polar surface area (TPSA) is 94.1 Å². The molecule has 1 aliphatic heterocycles. The lowest BCUT2D eigenvalue weighted by atomic mass is 9.63. The number of carbonyl (C=O) groups excluding carboxylic acids is 2. The van der Waals surface area contributed by atoms with Crippen LogP contribution in [0.15, 0.2) is 0 Å². The quantitative estimate of drug-likeness (QED) is 0.309. The second-order valence-electron chi connectivity index (χ2n) is 5.35. The zero-order chi connectivity index (χ0) is 15.2. The summed E-state index contributed by atoms with van der Waals surface area (Å²) in [5, 5.41) is 8.25. The van der Waals surface area contributed by atoms with Gasteiger partial charge in [0.2, 0.25) is 0 Å². The minimum absolute atomic E-state index is 0.0807. The van der Waals surface area contributed by atoms with E-state index in [4.69, 9.17) is 9.47 Å². The first-order valence-electron chi connectivity index (χ1n) is 6.37. The maximum absolute atomic E-state index is 13.4. The summed E-state index contributed by atoms with van der Waals surface area (Å²) in [4.78, 5) is 23.1. The molecule has 118 valence electrons. The molecular weight excluding hydrogens is 314 g/mol. The normalized spacial score (nSPS) is 37.5. The van der Waals surface area contributed by atoms with Crippen molar-refractivity contribution in [2.45, 2.75) is 36.7 Å². The van der Waals surface area contributed by atoms with Gasteiger partial charge in [-0.2, -0.15) is 13.1 Å². The van der Waals surface area contributed by atoms with Crippen molar-refractivity contribution in [3.05, 3.63) is 0 Å². The maximum Gasteiger partial charge on any atom is 0.415 e. The van der Waals surface area contributed by atoms with Gasteiger partial charge in [0.15, 0.2) is 0 Å². The molecule has 1 saturated heterocycles. The van der Waals surface area contributed by atoms with Gasteiger partial charge in [0.05, 0.1) is 5.92 Å². The summed E-state index contributed by atoms with van der Waals surface area (Å²) in [6, 6.07) is 0. The first kappa shape index (κ1) is 14.9. The molecule has 4 rings (SSSR count). The van der Waals surface area contributed by atoms with E-state index in [1.165, 1.54) is 0 Å². The third-order valence-corrected chi connectivity index (χ3v) is 4.86. The van der Waals surface area contributed by atoms with E-state index < -0.39 is 35.5 Å². The molecule has 5 unspecified atom stereocenters. The zero-order valence-electron chi connectivity index (χ0n) is 10.5. The van der Waals surface area contributed by atoms with Crippen molar-refractivity contribution in [3.63, 3.8) is 0 Å². The van der Waals surface area contributed by atoms with Gasteiger partial charge in [0, 0.05) is 11.8 Å². The summed E-state index contributed by atoms with van der Waals surface area (Å²) in [6.45, 7) is 0. The molecule has 0 spiro atoms. The Morgan fingerprint density at radius 2 is 2.19 bits per heavy atom. The van der Waals surface area contributed by atoms with Crippen LogP contribution in [0.1, 0.15) is 19.3 Å². The van der Waals surface area contributed by atoms with Crippen LogP contribution in [0.2, 0.25) is 0 Å². The standard InChI is InChI=1S/C11H12F2O7S/c12-11(13,21-20-19-16)10(15)18-7-4-1-2-5-6(3-4)9(14)17-8(5)7/h4-8,16H,1-3H2/p-1. The summed E-state index contributed by atoms with van der Waals surface area (Å²) in [5.41, 5.74) is 0. The summed E-state index contributed by atoms with van der Waals surface area (Å²) in [7, 11) is 0. The van der Waals surface area contributed by atoms with Crippen LogP contribution in [0.4, 0.5) is 8.78 Å². The molecule has 7 nitrogen and oxygen atoms in total. The van der Waals surface area contributed by atoms with E-state index in [1.807, 2.05) is 0 Å². The predicted octanol–water partition coefficient (Wildman–Crippen LogP) is 0.334. The van der Waals surface area contributed by atoms with Gasteiger partial charge in [-0.3, -0.25) is 9.83 Å². The Hall–Kier alpha value is -0.970. The van der Waals surface area contributed by atoms with Gasteiger partial charge in [-0.15, -0.1) is 0 Å². The Bertz CT molecular complexity index is 460. The lowest BCUT2D eigenvalue weighted by molar-refractivity contribution is -0.777. The van der Waals surface area contributed by atoms with Crippen LogP contribution < -0.4 is 5.26 Å². The van der Waals surface area contributed by atoms with E-state index in [0.717, 1.165) is 6.42 Å². The third-order valence-electron chi connectivity index (χ3n) is 4.36. The van der Waals surface area contributed by atoms with Gasteiger partial charge in [-0.25, -0.2) is 4.79 Å². The van der Waals surface area contributed by atoms with E-state index in [0.29, 0.717) is 12.8 Å². The van der Waals surface area contributed by atoms with Crippen LogP contribution >= 0.6 is 12.0 Å². The highest BCUT2D eigenvalue weighted by Crippen LogP contribution is 2.52. The molecule has 3 aliphatic carbocycles. The molecule has 0 aromatic carbocycles. The lowest BCUT2D eigenvalue weighted by Crippen LogP contribution is -2.51. The smallest absolute Gasteiger partial charge is 0.415 e. The van der Waals surface area contributed by atoms with E-state index in [-0.39, 0.29) is 23.7 Å². The van der Waals surface area contributed by atoms with E-state index >= 15 is 0 Å². The molecule has 5 atom stereocenters. The van der Waals surface area contributed by atoms with E-state index in [9.17, 15) is 23.6 Å². The number of carbonyl (C=O) groups is 2. The molecule has 0 radical (unpaired) electrons. The Morgan fingerprint density at radius 3 is 2.90 bits per heavy atom. The van der Waals surface area contributed by atoms with Gasteiger partial charge in [0.1, 0.15) is 24.3 Å². The molecule has 0 aromatic heterocycles. The Labute approximate surface area is 121 Å². The molecular formula is C11H11F2O7S-. The van der Waals surface area contributed by atoms with Crippen molar-refractivity contribution < 1.29 is 42.5 Å². The highest BCUT2D eigenvalue weighted by molar-refractivity contribution is 7.96. The number of hydrogen-bond donors (Lipinski definition) is 0. The second kappa shape index (κ2) is 5.34. The molecule has 21 heavy (non-hydrogen) atoms. The number of esters is 2. The van der Waals surface area contributed by atoms with Crippen LogP contribution in [-0.2, 0) is 28.4 Å². The fourth-order valence-electron chi connectivity index (χ4n) is 3.52. The number of fused-ring (bicyclic) bond motifs is 1. The Morgan fingerprint density at radius 1 is 1.43 bits per heavy atom. The van der Waals surface area contributed by atoms with Crippen LogP contribution in [0.5, 0.6) is 0 Å². The summed E-state index contributed by atoms with van der Waals surface area (Å²) < 4.78 is 40.2. The van der Waals surface area contributed by atoms with Crippen LogP contribution in [0.3, 0.4) is 0 Å². The number of halogens is 2. The fourth-order valence-corrected chi connectivity index (χ4v) is 3.75. The molecule has 0 amide bonds. The van der Waals surface area contributed by atoms with E-state index in [1.54, 1.807) is 0 Å². The number of rotatable bonds is 5. The van der Waals surface area contributed by atoms with Crippen LogP contribution in [0, 0.1) is 17.8 Å². The SMILES string of the molecule is O=C1OC2C3CCC(CC13)C2OC(=O)C(F)(F)SOO[O-]. The lowest BCUT2D eigenvalue weighted by Gasteiger charge is -2.43. The van der Waals surface area contributed by atoms with Crippen molar-refractivity contribution in [1.29, 1.82) is 0 Å². The number of alkyl halides is 2.